The van der Waals surface area contributed by atoms with Gasteiger partial charge in [0.2, 0.25) is 5.88 Å². The molecule has 3 rings (SSSR count). The summed E-state index contributed by atoms with van der Waals surface area (Å²) >= 11 is 6.49. The number of carbonyl (C=O) groups excluding carboxylic acids is 1. The van der Waals surface area contributed by atoms with Gasteiger partial charge in [0.15, 0.2) is 5.78 Å². The molecule has 1 atom stereocenters. The van der Waals surface area contributed by atoms with Crippen LogP contribution in [-0.4, -0.2) is 10.8 Å². The van der Waals surface area contributed by atoms with Crippen molar-refractivity contribution in [2.24, 2.45) is 5.73 Å². The first-order valence-corrected chi connectivity index (χ1v) is 8.49. The molecule has 0 bridgehead atoms. The van der Waals surface area contributed by atoms with Gasteiger partial charge in [-0.05, 0) is 44.9 Å². The third kappa shape index (κ3) is 2.73. The van der Waals surface area contributed by atoms with Gasteiger partial charge in [-0.15, -0.1) is 0 Å². The summed E-state index contributed by atoms with van der Waals surface area (Å²) in [7, 11) is 0. The number of nitrogens with zero attached hydrogens (tertiary/aromatic N) is 2. The first-order valence-electron chi connectivity index (χ1n) is 8.11. The predicted molar refractivity (Wildman–Crippen MR) is 100 cm³/mol. The number of fused-ring (bicyclic) bond motifs is 1. The summed E-state index contributed by atoms with van der Waals surface area (Å²) < 4.78 is 5.42. The molecule has 2 heterocycles. The number of aromatic nitrogens is 1. The van der Waals surface area contributed by atoms with Crippen molar-refractivity contribution in [3.8, 4) is 6.07 Å². The molecule has 0 saturated carbocycles. The van der Waals surface area contributed by atoms with E-state index in [4.69, 9.17) is 22.1 Å². The van der Waals surface area contributed by atoms with Crippen LogP contribution in [0.3, 0.4) is 0 Å². The minimum atomic E-state index is -0.699. The predicted octanol–water partition coefficient (Wildman–Crippen LogP) is 4.18. The van der Waals surface area contributed by atoms with Gasteiger partial charge in [-0.3, -0.25) is 4.79 Å². The van der Waals surface area contributed by atoms with Crippen LogP contribution in [0.25, 0.3) is 10.9 Å². The largest absolute Gasteiger partial charge is 0.445 e. The van der Waals surface area contributed by atoms with Crippen LogP contribution in [0.15, 0.2) is 41.0 Å². The summed E-state index contributed by atoms with van der Waals surface area (Å²) in [6.45, 7) is 7.03. The van der Waals surface area contributed by atoms with Gasteiger partial charge < -0.3 is 10.5 Å². The van der Waals surface area contributed by atoms with Crippen LogP contribution in [0.2, 0.25) is 5.15 Å². The zero-order chi connectivity index (χ0) is 19.2. The lowest BCUT2D eigenvalue weighted by Gasteiger charge is -2.27. The van der Waals surface area contributed by atoms with Crippen molar-refractivity contribution in [3.63, 3.8) is 0 Å². The number of allylic oxidation sites excluding steroid dienone is 3. The highest BCUT2D eigenvalue weighted by molar-refractivity contribution is 6.31. The van der Waals surface area contributed by atoms with Crippen molar-refractivity contribution >= 4 is 28.3 Å². The quantitative estimate of drug-likeness (QED) is 0.804. The number of benzene rings is 1. The number of halogens is 1. The standard InChI is InChI=1S/C20H18ClN3O2/c1-9-5-6-10(2)18-13(9)7-14(19(21)24-18)17-15(8-22)20(23)26-12(4)16(17)11(3)25/h5-7,17H,23H2,1-4H3. The van der Waals surface area contributed by atoms with E-state index >= 15 is 0 Å². The van der Waals surface area contributed by atoms with Crippen LogP contribution >= 0.6 is 11.6 Å². The van der Waals surface area contributed by atoms with E-state index in [9.17, 15) is 10.1 Å². The fourth-order valence-corrected chi connectivity index (χ4v) is 3.62. The number of nitriles is 1. The Labute approximate surface area is 156 Å². The lowest BCUT2D eigenvalue weighted by Crippen LogP contribution is -2.23. The van der Waals surface area contributed by atoms with Gasteiger partial charge in [0, 0.05) is 16.5 Å². The number of pyridine rings is 1. The average Bonchev–Trinajstić information content (AvgIpc) is 2.57. The van der Waals surface area contributed by atoms with Gasteiger partial charge in [0.25, 0.3) is 0 Å². The van der Waals surface area contributed by atoms with Crippen LogP contribution in [0.1, 0.15) is 36.5 Å². The summed E-state index contributed by atoms with van der Waals surface area (Å²) in [6.07, 6.45) is 0. The molecule has 0 saturated heterocycles. The van der Waals surface area contributed by atoms with Crippen LogP contribution in [0.5, 0.6) is 0 Å². The van der Waals surface area contributed by atoms with Crippen molar-refractivity contribution in [2.75, 3.05) is 0 Å². The molecule has 0 spiro atoms. The van der Waals surface area contributed by atoms with Crippen LogP contribution in [0.4, 0.5) is 0 Å². The molecule has 1 aliphatic rings. The molecule has 2 aromatic rings. The topological polar surface area (TPSA) is 89.0 Å². The lowest BCUT2D eigenvalue weighted by atomic mass is 9.81. The molecular formula is C20H18ClN3O2. The van der Waals surface area contributed by atoms with Crippen molar-refractivity contribution in [1.29, 1.82) is 5.26 Å². The third-order valence-corrected chi connectivity index (χ3v) is 4.98. The van der Waals surface area contributed by atoms with Crippen molar-refractivity contribution < 1.29 is 9.53 Å². The van der Waals surface area contributed by atoms with E-state index in [-0.39, 0.29) is 22.4 Å². The molecule has 5 nitrogen and oxygen atoms in total. The smallest absolute Gasteiger partial charge is 0.205 e. The Hall–Kier alpha value is -2.84. The van der Waals surface area contributed by atoms with Crippen LogP contribution < -0.4 is 5.73 Å². The lowest BCUT2D eigenvalue weighted by molar-refractivity contribution is -0.114. The third-order valence-electron chi connectivity index (χ3n) is 4.68. The fraction of sp³-hybridized carbons (Fsp3) is 0.250. The molecular weight excluding hydrogens is 350 g/mol. The van der Waals surface area contributed by atoms with E-state index in [0.717, 1.165) is 22.0 Å². The van der Waals surface area contributed by atoms with E-state index in [1.807, 2.05) is 32.0 Å². The van der Waals surface area contributed by atoms with Crippen molar-refractivity contribution in [1.82, 2.24) is 4.98 Å². The van der Waals surface area contributed by atoms with Gasteiger partial charge >= 0.3 is 0 Å². The van der Waals surface area contributed by atoms with E-state index in [1.165, 1.54) is 6.92 Å². The molecule has 2 N–H and O–H groups in total. The summed E-state index contributed by atoms with van der Waals surface area (Å²) in [6, 6.07) is 7.95. The number of ether oxygens (including phenoxy) is 1. The Kier molecular flexibility index (Phi) is 4.47. The molecule has 26 heavy (non-hydrogen) atoms. The molecule has 1 unspecified atom stereocenters. The minimum absolute atomic E-state index is 0.0165. The number of nitrogens with two attached hydrogens (primary N) is 1. The number of carbonyl (C=O) groups is 1. The van der Waals surface area contributed by atoms with E-state index in [2.05, 4.69) is 11.1 Å². The second kappa shape index (κ2) is 6.47. The zero-order valence-electron chi connectivity index (χ0n) is 15.0. The van der Waals surface area contributed by atoms with Gasteiger partial charge in [0.1, 0.15) is 22.6 Å². The Balaban J connectivity index is 2.37. The van der Waals surface area contributed by atoms with Crippen molar-refractivity contribution in [3.05, 3.63) is 62.8 Å². The van der Waals surface area contributed by atoms with Gasteiger partial charge in [0.05, 0.1) is 11.4 Å². The maximum atomic E-state index is 12.3. The Morgan fingerprint density at radius 2 is 1.96 bits per heavy atom. The van der Waals surface area contributed by atoms with Gasteiger partial charge in [-0.25, -0.2) is 4.98 Å². The highest BCUT2D eigenvalue weighted by Crippen LogP contribution is 2.42. The maximum absolute atomic E-state index is 12.3. The number of hydrogen-bond acceptors (Lipinski definition) is 5. The second-order valence-electron chi connectivity index (χ2n) is 6.41. The number of aryl methyl sites for hydroxylation is 2. The van der Waals surface area contributed by atoms with Crippen molar-refractivity contribution in [2.45, 2.75) is 33.6 Å². The molecule has 0 radical (unpaired) electrons. The average molecular weight is 368 g/mol. The highest BCUT2D eigenvalue weighted by atomic mass is 35.5. The fourth-order valence-electron chi connectivity index (χ4n) is 3.38. The number of rotatable bonds is 2. The number of Topliss-reactive ketones (excluding diaryl/α,β-unsaturated/α-hetero) is 1. The molecule has 0 aliphatic carbocycles. The van der Waals surface area contributed by atoms with Crippen LogP contribution in [-0.2, 0) is 9.53 Å². The molecule has 1 aliphatic heterocycles. The maximum Gasteiger partial charge on any atom is 0.205 e. The Morgan fingerprint density at radius 1 is 1.31 bits per heavy atom. The van der Waals surface area contributed by atoms with Gasteiger partial charge in [-0.2, -0.15) is 5.26 Å². The summed E-state index contributed by atoms with van der Waals surface area (Å²) in [5, 5.41) is 10.8. The molecule has 132 valence electrons. The minimum Gasteiger partial charge on any atom is -0.445 e. The summed E-state index contributed by atoms with van der Waals surface area (Å²) in [5.74, 6) is -0.548. The van der Waals surface area contributed by atoms with E-state index in [1.54, 1.807) is 6.92 Å². The molecule has 0 fully saturated rings. The van der Waals surface area contributed by atoms with E-state index in [0.29, 0.717) is 16.9 Å². The Morgan fingerprint density at radius 3 is 2.58 bits per heavy atom. The first-order chi connectivity index (χ1) is 12.3. The summed E-state index contributed by atoms with van der Waals surface area (Å²) in [4.78, 5) is 16.8. The number of ketones is 1. The first kappa shape index (κ1) is 18.0. The van der Waals surface area contributed by atoms with E-state index < -0.39 is 5.92 Å². The molecule has 0 amide bonds. The zero-order valence-corrected chi connectivity index (χ0v) is 15.7. The monoisotopic (exact) mass is 367 g/mol. The van der Waals surface area contributed by atoms with Crippen LogP contribution in [0, 0.1) is 25.2 Å². The second-order valence-corrected chi connectivity index (χ2v) is 6.77. The Bertz CT molecular complexity index is 1060. The highest BCUT2D eigenvalue weighted by Gasteiger charge is 2.35. The number of hydrogen-bond donors (Lipinski definition) is 1. The SMILES string of the molecule is CC(=O)C1=C(C)OC(N)=C(C#N)C1c1cc2c(C)ccc(C)c2nc1Cl. The summed E-state index contributed by atoms with van der Waals surface area (Å²) in [5.41, 5.74) is 9.84. The van der Waals surface area contributed by atoms with Gasteiger partial charge in [-0.1, -0.05) is 23.7 Å². The normalized spacial score (nSPS) is 17.3. The molecule has 1 aromatic carbocycles. The molecule has 6 heteroatoms. The molecule has 1 aromatic heterocycles.